The molecule has 0 saturated carbocycles. The van der Waals surface area contributed by atoms with Crippen LogP contribution in [0.3, 0.4) is 0 Å². The van der Waals surface area contributed by atoms with E-state index < -0.39 is 11.9 Å². The van der Waals surface area contributed by atoms with Crippen molar-refractivity contribution in [2.75, 3.05) is 51.2 Å². The first kappa shape index (κ1) is 21.0. The second kappa shape index (κ2) is 9.17. The van der Waals surface area contributed by atoms with Gasteiger partial charge in [0.05, 0.1) is 32.6 Å². The van der Waals surface area contributed by atoms with Crippen molar-refractivity contribution in [3.63, 3.8) is 0 Å². The lowest BCUT2D eigenvalue weighted by molar-refractivity contribution is -0.116. The van der Waals surface area contributed by atoms with Crippen LogP contribution in [0.25, 0.3) is 0 Å². The molecule has 3 rings (SSSR count). The van der Waals surface area contributed by atoms with Crippen LogP contribution in [-0.2, 0) is 9.53 Å². The molecule has 0 unspecified atom stereocenters. The zero-order valence-corrected chi connectivity index (χ0v) is 17.0. The minimum absolute atomic E-state index is 0.141. The average molecular weight is 413 g/mol. The summed E-state index contributed by atoms with van der Waals surface area (Å²) >= 11 is 0. The molecule has 1 heterocycles. The third-order valence-electron chi connectivity index (χ3n) is 4.71. The summed E-state index contributed by atoms with van der Waals surface area (Å²) in [6.07, 6.45) is 0. The zero-order valence-electron chi connectivity index (χ0n) is 17.0. The van der Waals surface area contributed by atoms with Crippen LogP contribution in [-0.4, -0.2) is 63.8 Å². The Morgan fingerprint density at radius 3 is 2.43 bits per heavy atom. The summed E-state index contributed by atoms with van der Waals surface area (Å²) in [7, 11) is 4.33. The third-order valence-corrected chi connectivity index (χ3v) is 4.71. The van der Waals surface area contributed by atoms with Gasteiger partial charge in [-0.25, -0.2) is 9.59 Å². The van der Waals surface area contributed by atoms with Crippen molar-refractivity contribution in [2.45, 2.75) is 0 Å². The van der Waals surface area contributed by atoms with Gasteiger partial charge in [0.1, 0.15) is 6.54 Å². The minimum atomic E-state index is -0.553. The molecule has 158 valence electrons. The first-order valence-electron chi connectivity index (χ1n) is 9.24. The number of nitrogens with one attached hydrogen (secondary N) is 1. The Morgan fingerprint density at radius 2 is 1.73 bits per heavy atom. The van der Waals surface area contributed by atoms with Crippen molar-refractivity contribution < 1.29 is 28.6 Å². The van der Waals surface area contributed by atoms with Crippen molar-refractivity contribution in [3.05, 3.63) is 48.0 Å². The number of hydrogen-bond acceptors (Lipinski definition) is 6. The van der Waals surface area contributed by atoms with E-state index in [0.29, 0.717) is 36.0 Å². The molecule has 1 saturated heterocycles. The van der Waals surface area contributed by atoms with Gasteiger partial charge in [-0.15, -0.1) is 0 Å². The number of esters is 1. The fraction of sp³-hybridized carbons (Fsp3) is 0.286. The van der Waals surface area contributed by atoms with E-state index in [9.17, 15) is 14.4 Å². The van der Waals surface area contributed by atoms with Crippen LogP contribution >= 0.6 is 0 Å². The largest absolute Gasteiger partial charge is 0.493 e. The quantitative estimate of drug-likeness (QED) is 0.700. The molecule has 30 heavy (non-hydrogen) atoms. The Kier molecular flexibility index (Phi) is 6.41. The Morgan fingerprint density at radius 1 is 1.00 bits per heavy atom. The molecule has 0 aliphatic carbocycles. The van der Waals surface area contributed by atoms with Crippen LogP contribution in [0.4, 0.5) is 16.2 Å². The topological polar surface area (TPSA) is 97.4 Å². The molecule has 0 atom stereocenters. The molecule has 9 heteroatoms. The van der Waals surface area contributed by atoms with E-state index in [1.54, 1.807) is 47.4 Å². The first-order valence-corrected chi connectivity index (χ1v) is 9.24. The summed E-state index contributed by atoms with van der Waals surface area (Å²) in [5, 5.41) is 2.67. The zero-order chi connectivity index (χ0) is 21.7. The number of benzene rings is 2. The fourth-order valence-corrected chi connectivity index (χ4v) is 3.20. The molecule has 1 N–H and O–H groups in total. The van der Waals surface area contributed by atoms with Crippen LogP contribution in [0.1, 0.15) is 10.4 Å². The van der Waals surface area contributed by atoms with E-state index in [1.165, 1.54) is 26.2 Å². The smallest absolute Gasteiger partial charge is 0.339 e. The van der Waals surface area contributed by atoms with Crippen LogP contribution in [0.5, 0.6) is 11.5 Å². The summed E-state index contributed by atoms with van der Waals surface area (Å²) in [5.41, 5.74) is 1.22. The standard InChI is InChI=1S/C21H23N3O6/c1-28-17-9-8-14(12-18(17)29-2)24-11-10-23(21(24)27)13-19(25)22-16-7-5-4-6-15(16)20(26)30-3/h4-9,12H,10-11,13H2,1-3H3,(H,22,25). The summed E-state index contributed by atoms with van der Waals surface area (Å²) in [4.78, 5) is 40.1. The summed E-state index contributed by atoms with van der Waals surface area (Å²) < 4.78 is 15.2. The van der Waals surface area contributed by atoms with Crippen LogP contribution < -0.4 is 19.7 Å². The first-order chi connectivity index (χ1) is 14.5. The molecule has 0 bridgehead atoms. The van der Waals surface area contributed by atoms with Gasteiger partial charge in [0, 0.05) is 24.8 Å². The van der Waals surface area contributed by atoms with Crippen LogP contribution in [0, 0.1) is 0 Å². The number of amides is 3. The number of methoxy groups -OCH3 is 3. The number of para-hydroxylation sites is 1. The molecular weight excluding hydrogens is 390 g/mol. The van der Waals surface area contributed by atoms with Crippen LogP contribution in [0.2, 0.25) is 0 Å². The molecular formula is C21H23N3O6. The van der Waals surface area contributed by atoms with Crippen molar-refractivity contribution in [1.82, 2.24) is 4.90 Å². The van der Waals surface area contributed by atoms with Crippen molar-refractivity contribution >= 4 is 29.3 Å². The number of anilines is 2. The van der Waals surface area contributed by atoms with Gasteiger partial charge < -0.3 is 24.4 Å². The van der Waals surface area contributed by atoms with E-state index in [2.05, 4.69) is 5.32 Å². The Hall–Kier alpha value is -3.75. The molecule has 0 radical (unpaired) electrons. The monoisotopic (exact) mass is 413 g/mol. The van der Waals surface area contributed by atoms with Crippen molar-refractivity contribution in [1.29, 1.82) is 0 Å². The fourth-order valence-electron chi connectivity index (χ4n) is 3.20. The van der Waals surface area contributed by atoms with E-state index >= 15 is 0 Å². The number of nitrogens with zero attached hydrogens (tertiary/aromatic N) is 2. The van der Waals surface area contributed by atoms with Crippen LogP contribution in [0.15, 0.2) is 42.5 Å². The molecule has 0 aromatic heterocycles. The molecule has 1 fully saturated rings. The highest BCUT2D eigenvalue weighted by molar-refractivity contribution is 6.03. The van der Waals surface area contributed by atoms with E-state index in [4.69, 9.17) is 14.2 Å². The predicted molar refractivity (Wildman–Crippen MR) is 110 cm³/mol. The Labute approximate surface area is 174 Å². The molecule has 2 aromatic rings. The maximum atomic E-state index is 12.8. The lowest BCUT2D eigenvalue weighted by atomic mass is 10.2. The van der Waals surface area contributed by atoms with Gasteiger partial charge in [0.2, 0.25) is 5.91 Å². The highest BCUT2D eigenvalue weighted by Crippen LogP contribution is 2.32. The van der Waals surface area contributed by atoms with E-state index in [1.807, 2.05) is 0 Å². The van der Waals surface area contributed by atoms with E-state index in [0.717, 1.165) is 0 Å². The molecule has 2 aromatic carbocycles. The maximum absolute atomic E-state index is 12.8. The van der Waals surface area contributed by atoms with Gasteiger partial charge in [-0.05, 0) is 24.3 Å². The number of rotatable bonds is 7. The number of carbonyl (C=O) groups excluding carboxylic acids is 3. The average Bonchev–Trinajstić information content (AvgIpc) is 3.12. The van der Waals surface area contributed by atoms with E-state index in [-0.39, 0.29) is 18.1 Å². The number of carbonyl (C=O) groups is 3. The summed E-state index contributed by atoms with van der Waals surface area (Å²) in [5.74, 6) is 0.114. The highest BCUT2D eigenvalue weighted by Gasteiger charge is 2.31. The summed E-state index contributed by atoms with van der Waals surface area (Å²) in [6.45, 7) is 0.678. The number of ether oxygens (including phenoxy) is 3. The molecule has 1 aliphatic rings. The van der Waals surface area contributed by atoms with Gasteiger partial charge in [0.25, 0.3) is 0 Å². The molecule has 1 aliphatic heterocycles. The normalized spacial score (nSPS) is 13.2. The molecule has 3 amide bonds. The second-order valence-electron chi connectivity index (χ2n) is 6.48. The predicted octanol–water partition coefficient (Wildman–Crippen LogP) is 2.37. The Balaban J connectivity index is 1.67. The van der Waals surface area contributed by atoms with Crippen molar-refractivity contribution in [3.8, 4) is 11.5 Å². The Bertz CT molecular complexity index is 962. The van der Waals surface area contributed by atoms with Gasteiger partial charge in [-0.3, -0.25) is 9.69 Å². The minimum Gasteiger partial charge on any atom is -0.493 e. The third kappa shape index (κ3) is 4.29. The summed E-state index contributed by atoms with van der Waals surface area (Å²) in [6, 6.07) is 11.4. The highest BCUT2D eigenvalue weighted by atomic mass is 16.5. The van der Waals surface area contributed by atoms with Gasteiger partial charge >= 0.3 is 12.0 Å². The lowest BCUT2D eigenvalue weighted by Crippen LogP contribution is -2.37. The van der Waals surface area contributed by atoms with Crippen molar-refractivity contribution in [2.24, 2.45) is 0 Å². The molecule has 9 nitrogen and oxygen atoms in total. The van der Waals surface area contributed by atoms with Gasteiger partial charge in [-0.2, -0.15) is 0 Å². The SMILES string of the molecule is COC(=O)c1ccccc1NC(=O)CN1CCN(c2ccc(OC)c(OC)c2)C1=O. The second-order valence-corrected chi connectivity index (χ2v) is 6.48. The molecule has 0 spiro atoms. The maximum Gasteiger partial charge on any atom is 0.339 e. The number of urea groups is 1. The number of hydrogen-bond donors (Lipinski definition) is 1. The lowest BCUT2D eigenvalue weighted by Gasteiger charge is -2.20. The van der Waals surface area contributed by atoms with Gasteiger partial charge in [0.15, 0.2) is 11.5 Å². The van der Waals surface area contributed by atoms with Gasteiger partial charge in [-0.1, -0.05) is 12.1 Å².